The molecule has 0 aliphatic carbocycles. The second-order valence-corrected chi connectivity index (χ2v) is 5.59. The first-order chi connectivity index (χ1) is 10.1. The number of nitrogens with one attached hydrogen (secondary N) is 1. The van der Waals surface area contributed by atoms with E-state index in [0.717, 1.165) is 16.9 Å². The van der Waals surface area contributed by atoms with Gasteiger partial charge in [0.15, 0.2) is 0 Å². The molecule has 0 aromatic heterocycles. The fourth-order valence-corrected chi connectivity index (χ4v) is 2.65. The molecule has 1 aliphatic heterocycles. The third-order valence-corrected chi connectivity index (χ3v) is 4.20. The predicted octanol–water partition coefficient (Wildman–Crippen LogP) is 1.38. The molecule has 0 atom stereocenters. The molecule has 116 valence electrons. The molecule has 0 bridgehead atoms. The third kappa shape index (κ3) is 3.54. The number of hydrogen-bond donors (Lipinski definition) is 2. The van der Waals surface area contributed by atoms with Crippen molar-refractivity contribution >= 4 is 5.91 Å². The summed E-state index contributed by atoms with van der Waals surface area (Å²) in [7, 11) is 1.64. The van der Waals surface area contributed by atoms with E-state index in [1.165, 1.54) is 0 Å². The Hall–Kier alpha value is -1.59. The van der Waals surface area contributed by atoms with E-state index in [2.05, 4.69) is 5.32 Å². The third-order valence-electron chi connectivity index (χ3n) is 4.20. The lowest BCUT2D eigenvalue weighted by molar-refractivity contribution is -0.136. The Balaban J connectivity index is 2.03. The van der Waals surface area contributed by atoms with E-state index in [1.54, 1.807) is 7.11 Å². The van der Waals surface area contributed by atoms with Crippen LogP contribution >= 0.6 is 0 Å². The van der Waals surface area contributed by atoms with Gasteiger partial charge in [-0.15, -0.1) is 0 Å². The van der Waals surface area contributed by atoms with E-state index in [1.807, 2.05) is 25.1 Å². The molecule has 1 fully saturated rings. The molecule has 0 spiro atoms. The molecule has 0 radical (unpaired) electrons. The molecule has 1 saturated heterocycles. The SMILES string of the molecule is COc1cc(C)ccc1CNC(=O)C1(CN)CCOCC1. The zero-order valence-corrected chi connectivity index (χ0v) is 12.8. The van der Waals surface area contributed by atoms with Gasteiger partial charge in [-0.1, -0.05) is 12.1 Å². The number of ether oxygens (including phenoxy) is 2. The number of rotatable bonds is 5. The van der Waals surface area contributed by atoms with Crippen LogP contribution < -0.4 is 15.8 Å². The van der Waals surface area contributed by atoms with Crippen molar-refractivity contribution in [2.24, 2.45) is 11.1 Å². The van der Waals surface area contributed by atoms with Crippen LogP contribution in [0.25, 0.3) is 0 Å². The summed E-state index contributed by atoms with van der Waals surface area (Å²) in [5.74, 6) is 0.806. The van der Waals surface area contributed by atoms with Crippen LogP contribution in [-0.2, 0) is 16.1 Å². The number of hydrogen-bond acceptors (Lipinski definition) is 4. The molecule has 1 heterocycles. The lowest BCUT2D eigenvalue weighted by Crippen LogP contribution is -2.49. The van der Waals surface area contributed by atoms with E-state index in [9.17, 15) is 4.79 Å². The van der Waals surface area contributed by atoms with Crippen molar-refractivity contribution in [1.82, 2.24) is 5.32 Å². The first kappa shape index (κ1) is 15.8. The minimum absolute atomic E-state index is 0.0101. The fraction of sp³-hybridized carbons (Fsp3) is 0.562. The summed E-state index contributed by atoms with van der Waals surface area (Å²) >= 11 is 0. The van der Waals surface area contributed by atoms with Gasteiger partial charge >= 0.3 is 0 Å². The van der Waals surface area contributed by atoms with Gasteiger partial charge in [-0.3, -0.25) is 4.79 Å². The van der Waals surface area contributed by atoms with Crippen LogP contribution in [0, 0.1) is 12.3 Å². The quantitative estimate of drug-likeness (QED) is 0.860. The molecule has 5 nitrogen and oxygen atoms in total. The lowest BCUT2D eigenvalue weighted by atomic mass is 9.79. The van der Waals surface area contributed by atoms with Crippen LogP contribution in [0.1, 0.15) is 24.0 Å². The Kier molecular flexibility index (Phi) is 5.20. The topological polar surface area (TPSA) is 73.6 Å². The van der Waals surface area contributed by atoms with Crippen molar-refractivity contribution in [1.29, 1.82) is 0 Å². The summed E-state index contributed by atoms with van der Waals surface area (Å²) in [5.41, 5.74) is 7.45. The average molecular weight is 292 g/mol. The summed E-state index contributed by atoms with van der Waals surface area (Å²) in [6.45, 7) is 4.01. The van der Waals surface area contributed by atoms with Crippen LogP contribution in [-0.4, -0.2) is 32.8 Å². The highest BCUT2D eigenvalue weighted by molar-refractivity contribution is 5.83. The monoisotopic (exact) mass is 292 g/mol. The first-order valence-corrected chi connectivity index (χ1v) is 7.31. The van der Waals surface area contributed by atoms with E-state index in [0.29, 0.717) is 39.1 Å². The summed E-state index contributed by atoms with van der Waals surface area (Å²) in [5, 5.41) is 3.00. The highest BCUT2D eigenvalue weighted by Gasteiger charge is 2.38. The van der Waals surface area contributed by atoms with E-state index >= 15 is 0 Å². The predicted molar refractivity (Wildman–Crippen MR) is 81.1 cm³/mol. The van der Waals surface area contributed by atoms with E-state index in [4.69, 9.17) is 15.2 Å². The Morgan fingerprint density at radius 1 is 1.43 bits per heavy atom. The number of aryl methyl sites for hydroxylation is 1. The summed E-state index contributed by atoms with van der Waals surface area (Å²) < 4.78 is 10.7. The Bertz CT molecular complexity index is 496. The Morgan fingerprint density at radius 3 is 2.76 bits per heavy atom. The maximum absolute atomic E-state index is 12.5. The van der Waals surface area contributed by atoms with Gasteiger partial charge in [0.1, 0.15) is 5.75 Å². The van der Waals surface area contributed by atoms with Gasteiger partial charge in [0.2, 0.25) is 5.91 Å². The summed E-state index contributed by atoms with van der Waals surface area (Å²) in [6.07, 6.45) is 1.36. The van der Waals surface area contributed by atoms with Crippen molar-refractivity contribution in [2.75, 3.05) is 26.9 Å². The molecule has 0 unspecified atom stereocenters. The molecule has 2 rings (SSSR count). The number of methoxy groups -OCH3 is 1. The van der Waals surface area contributed by atoms with E-state index < -0.39 is 5.41 Å². The molecule has 21 heavy (non-hydrogen) atoms. The van der Waals surface area contributed by atoms with Crippen molar-refractivity contribution in [3.63, 3.8) is 0 Å². The van der Waals surface area contributed by atoms with Gasteiger partial charge in [-0.25, -0.2) is 0 Å². The van der Waals surface area contributed by atoms with Gasteiger partial charge in [-0.2, -0.15) is 0 Å². The smallest absolute Gasteiger partial charge is 0.227 e. The lowest BCUT2D eigenvalue weighted by Gasteiger charge is -2.34. The highest BCUT2D eigenvalue weighted by atomic mass is 16.5. The Morgan fingerprint density at radius 2 is 2.14 bits per heavy atom. The minimum atomic E-state index is -0.490. The van der Waals surface area contributed by atoms with Gasteiger partial charge in [0.25, 0.3) is 0 Å². The normalized spacial score (nSPS) is 17.3. The van der Waals surface area contributed by atoms with Crippen molar-refractivity contribution < 1.29 is 14.3 Å². The van der Waals surface area contributed by atoms with Gasteiger partial charge in [0, 0.05) is 31.9 Å². The largest absolute Gasteiger partial charge is 0.496 e. The number of carbonyl (C=O) groups is 1. The maximum Gasteiger partial charge on any atom is 0.227 e. The molecular weight excluding hydrogens is 268 g/mol. The molecule has 1 aliphatic rings. The second kappa shape index (κ2) is 6.91. The maximum atomic E-state index is 12.5. The number of benzene rings is 1. The number of carbonyl (C=O) groups excluding carboxylic acids is 1. The van der Waals surface area contributed by atoms with Gasteiger partial charge < -0.3 is 20.5 Å². The van der Waals surface area contributed by atoms with Crippen LogP contribution in [0.5, 0.6) is 5.75 Å². The second-order valence-electron chi connectivity index (χ2n) is 5.59. The van der Waals surface area contributed by atoms with Crippen LogP contribution in [0.3, 0.4) is 0 Å². The average Bonchev–Trinajstić information content (AvgIpc) is 2.53. The molecule has 3 N–H and O–H groups in total. The highest BCUT2D eigenvalue weighted by Crippen LogP contribution is 2.30. The van der Waals surface area contributed by atoms with Crippen molar-refractivity contribution in [3.05, 3.63) is 29.3 Å². The molecular formula is C16H24N2O3. The Labute approximate surface area is 125 Å². The molecule has 1 amide bonds. The summed E-state index contributed by atoms with van der Waals surface area (Å²) in [6, 6.07) is 5.96. The first-order valence-electron chi connectivity index (χ1n) is 7.31. The zero-order valence-electron chi connectivity index (χ0n) is 12.8. The zero-order chi connectivity index (χ0) is 15.3. The molecule has 0 saturated carbocycles. The van der Waals surface area contributed by atoms with Crippen molar-refractivity contribution in [3.8, 4) is 5.75 Å². The van der Waals surface area contributed by atoms with Crippen LogP contribution in [0.15, 0.2) is 18.2 Å². The van der Waals surface area contributed by atoms with Gasteiger partial charge in [-0.05, 0) is 31.4 Å². The van der Waals surface area contributed by atoms with Crippen LogP contribution in [0.4, 0.5) is 0 Å². The van der Waals surface area contributed by atoms with Crippen molar-refractivity contribution in [2.45, 2.75) is 26.3 Å². The standard InChI is InChI=1S/C16H24N2O3/c1-12-3-4-13(14(9-12)20-2)10-18-15(19)16(11-17)5-7-21-8-6-16/h3-4,9H,5-8,10-11,17H2,1-2H3,(H,18,19). The fourth-order valence-electron chi connectivity index (χ4n) is 2.65. The van der Waals surface area contributed by atoms with Gasteiger partial charge in [0.05, 0.1) is 12.5 Å². The molecule has 1 aromatic carbocycles. The van der Waals surface area contributed by atoms with E-state index in [-0.39, 0.29) is 5.91 Å². The number of nitrogens with two attached hydrogens (primary N) is 1. The molecule has 5 heteroatoms. The summed E-state index contributed by atoms with van der Waals surface area (Å²) in [4.78, 5) is 12.5. The number of amides is 1. The van der Waals surface area contributed by atoms with Crippen LogP contribution in [0.2, 0.25) is 0 Å². The minimum Gasteiger partial charge on any atom is -0.496 e. The molecule has 1 aromatic rings.